The summed E-state index contributed by atoms with van der Waals surface area (Å²) in [6, 6.07) is 21.8. The van der Waals surface area contributed by atoms with Crippen molar-refractivity contribution < 1.29 is 22.4 Å². The summed E-state index contributed by atoms with van der Waals surface area (Å²) in [6.45, 7) is 6.17. The van der Waals surface area contributed by atoms with Crippen LogP contribution >= 0.6 is 0 Å². The Balaban J connectivity index is 1.88. The van der Waals surface area contributed by atoms with Gasteiger partial charge in [0.05, 0.1) is 11.9 Å². The number of anilines is 1. The maximum Gasteiger partial charge on any atom is 0.243 e. The molecule has 3 aromatic rings. The number of nitrogens with zero attached hydrogens (tertiary/aromatic N) is 2. The minimum Gasteiger partial charge on any atom is -0.352 e. The number of halogens is 1. The minimum atomic E-state index is -3.67. The second-order valence-corrected chi connectivity index (χ2v) is 12.4. The molecular formula is C32H40FN3O4S. The zero-order valence-corrected chi connectivity index (χ0v) is 25.0. The highest BCUT2D eigenvalue weighted by Crippen LogP contribution is 2.21. The van der Waals surface area contributed by atoms with E-state index in [0.717, 1.165) is 29.4 Å². The number of benzene rings is 3. The van der Waals surface area contributed by atoms with Crippen molar-refractivity contribution in [2.75, 3.05) is 17.1 Å². The molecule has 41 heavy (non-hydrogen) atoms. The van der Waals surface area contributed by atoms with E-state index in [9.17, 15) is 22.4 Å². The lowest BCUT2D eigenvalue weighted by molar-refractivity contribution is -0.141. The Morgan fingerprint density at radius 2 is 1.56 bits per heavy atom. The van der Waals surface area contributed by atoms with Crippen LogP contribution in [0.25, 0.3) is 0 Å². The van der Waals surface area contributed by atoms with E-state index in [-0.39, 0.29) is 43.8 Å². The molecule has 2 amide bonds. The molecule has 0 spiro atoms. The van der Waals surface area contributed by atoms with E-state index >= 15 is 0 Å². The van der Waals surface area contributed by atoms with Crippen LogP contribution < -0.4 is 9.62 Å². The molecule has 7 nitrogen and oxygen atoms in total. The zero-order valence-electron chi connectivity index (χ0n) is 24.2. The summed E-state index contributed by atoms with van der Waals surface area (Å²) in [5.74, 6) is -0.949. The molecule has 0 saturated carbocycles. The number of hydrogen-bond donors (Lipinski definition) is 1. The monoisotopic (exact) mass is 581 g/mol. The second-order valence-electron chi connectivity index (χ2n) is 10.4. The van der Waals surface area contributed by atoms with Gasteiger partial charge >= 0.3 is 0 Å². The molecule has 0 unspecified atom stereocenters. The highest BCUT2D eigenvalue weighted by Gasteiger charge is 2.31. The van der Waals surface area contributed by atoms with Crippen LogP contribution in [0.4, 0.5) is 10.1 Å². The molecule has 3 rings (SSSR count). The van der Waals surface area contributed by atoms with Crippen molar-refractivity contribution in [3.8, 4) is 0 Å². The van der Waals surface area contributed by atoms with Crippen LogP contribution in [0.5, 0.6) is 0 Å². The van der Waals surface area contributed by atoms with Gasteiger partial charge < -0.3 is 10.2 Å². The molecule has 1 N–H and O–H groups in total. The summed E-state index contributed by atoms with van der Waals surface area (Å²) in [5, 5.41) is 3.05. The van der Waals surface area contributed by atoms with Crippen molar-refractivity contribution in [2.45, 2.75) is 65.1 Å². The predicted octanol–water partition coefficient (Wildman–Crippen LogP) is 5.24. The maximum absolute atomic E-state index is 13.8. The lowest BCUT2D eigenvalue weighted by Gasteiger charge is -2.32. The largest absolute Gasteiger partial charge is 0.352 e. The van der Waals surface area contributed by atoms with Gasteiger partial charge in [-0.2, -0.15) is 0 Å². The third kappa shape index (κ3) is 9.70. The molecule has 9 heteroatoms. The van der Waals surface area contributed by atoms with Crippen LogP contribution in [0.15, 0.2) is 78.9 Å². The molecular weight excluding hydrogens is 541 g/mol. The van der Waals surface area contributed by atoms with Gasteiger partial charge in [-0.05, 0) is 62.1 Å². The number of hydrogen-bond acceptors (Lipinski definition) is 4. The number of amides is 2. The summed E-state index contributed by atoms with van der Waals surface area (Å²) in [6.07, 6.45) is 2.42. The standard InChI is InChI=1S/C32H40FN3O4S/c1-5-25(3)34-32(38)30(22-26-10-7-6-8-11-26)35(23-27-15-13-24(2)14-16-27)31(37)12-9-21-36(41(4,39)40)29-19-17-28(33)18-20-29/h6-8,10-11,13-20,25,30H,5,9,12,21-23H2,1-4H3,(H,34,38)/t25-,30+/m1/s1. The first-order chi connectivity index (χ1) is 19.5. The molecule has 0 heterocycles. The molecule has 0 aliphatic heterocycles. The molecule has 0 saturated heterocycles. The third-order valence-electron chi connectivity index (χ3n) is 7.01. The average Bonchev–Trinajstić information content (AvgIpc) is 2.94. The first kappa shape index (κ1) is 31.8. The van der Waals surface area contributed by atoms with Crippen LogP contribution in [-0.2, 0) is 32.6 Å². The molecule has 0 aliphatic rings. The normalized spacial score (nSPS) is 12.8. The van der Waals surface area contributed by atoms with E-state index in [0.29, 0.717) is 12.1 Å². The first-order valence-corrected chi connectivity index (χ1v) is 15.7. The number of nitrogens with one attached hydrogen (secondary N) is 1. The lowest BCUT2D eigenvalue weighted by atomic mass is 10.0. The summed E-state index contributed by atoms with van der Waals surface area (Å²) in [4.78, 5) is 29.1. The Kier molecular flexibility index (Phi) is 11.5. The van der Waals surface area contributed by atoms with Gasteiger partial charge in [-0.3, -0.25) is 13.9 Å². The highest BCUT2D eigenvalue weighted by atomic mass is 32.2. The Morgan fingerprint density at radius 3 is 2.15 bits per heavy atom. The molecule has 0 aromatic heterocycles. The third-order valence-corrected chi connectivity index (χ3v) is 8.21. The topological polar surface area (TPSA) is 86.8 Å². The Labute approximate surface area is 243 Å². The van der Waals surface area contributed by atoms with E-state index in [1.54, 1.807) is 4.90 Å². The van der Waals surface area contributed by atoms with Gasteiger partial charge in [-0.25, -0.2) is 12.8 Å². The van der Waals surface area contributed by atoms with E-state index < -0.39 is 21.9 Å². The summed E-state index contributed by atoms with van der Waals surface area (Å²) in [5.41, 5.74) is 3.23. The highest BCUT2D eigenvalue weighted by molar-refractivity contribution is 7.92. The summed E-state index contributed by atoms with van der Waals surface area (Å²) < 4.78 is 39.6. The van der Waals surface area contributed by atoms with Crippen molar-refractivity contribution in [3.63, 3.8) is 0 Å². The molecule has 220 valence electrons. The van der Waals surface area contributed by atoms with Gasteiger partial charge in [-0.15, -0.1) is 0 Å². The fraction of sp³-hybridized carbons (Fsp3) is 0.375. The molecule has 2 atom stereocenters. The van der Waals surface area contributed by atoms with Gasteiger partial charge in [0, 0.05) is 32.0 Å². The number of carbonyl (C=O) groups is 2. The van der Waals surface area contributed by atoms with Gasteiger partial charge in [0.25, 0.3) is 0 Å². The molecule has 0 aliphatic carbocycles. The number of sulfonamides is 1. The van der Waals surface area contributed by atoms with E-state index in [1.807, 2.05) is 75.4 Å². The van der Waals surface area contributed by atoms with Gasteiger partial charge in [-0.1, -0.05) is 67.1 Å². The first-order valence-electron chi connectivity index (χ1n) is 13.9. The van der Waals surface area contributed by atoms with E-state index in [4.69, 9.17) is 0 Å². The Hall–Kier alpha value is -3.72. The van der Waals surface area contributed by atoms with E-state index in [2.05, 4.69) is 5.32 Å². The van der Waals surface area contributed by atoms with Crippen LogP contribution in [0.1, 0.15) is 49.8 Å². The minimum absolute atomic E-state index is 0.0287. The maximum atomic E-state index is 13.8. The quantitative estimate of drug-likeness (QED) is 0.282. The Morgan fingerprint density at radius 1 is 0.927 bits per heavy atom. The van der Waals surface area contributed by atoms with Crippen molar-refractivity contribution in [3.05, 3.63) is 101 Å². The fourth-order valence-corrected chi connectivity index (χ4v) is 5.46. The van der Waals surface area contributed by atoms with Crippen molar-refractivity contribution in [1.82, 2.24) is 10.2 Å². The zero-order chi connectivity index (χ0) is 30.0. The molecule has 0 radical (unpaired) electrons. The van der Waals surface area contributed by atoms with Crippen molar-refractivity contribution in [2.24, 2.45) is 0 Å². The Bertz CT molecular complexity index is 1380. The lowest BCUT2D eigenvalue weighted by Crippen LogP contribution is -2.52. The molecule has 0 bridgehead atoms. The number of aryl methyl sites for hydroxylation is 1. The van der Waals surface area contributed by atoms with Gasteiger partial charge in [0.1, 0.15) is 11.9 Å². The average molecular weight is 582 g/mol. The number of rotatable bonds is 14. The number of carbonyl (C=O) groups excluding carboxylic acids is 2. The smallest absolute Gasteiger partial charge is 0.243 e. The second kappa shape index (κ2) is 14.8. The van der Waals surface area contributed by atoms with Gasteiger partial charge in [0.2, 0.25) is 21.8 Å². The van der Waals surface area contributed by atoms with Crippen LogP contribution in [0, 0.1) is 12.7 Å². The van der Waals surface area contributed by atoms with Crippen LogP contribution in [0.3, 0.4) is 0 Å². The molecule has 0 fully saturated rings. The SMILES string of the molecule is CC[C@@H](C)NC(=O)[C@H](Cc1ccccc1)N(Cc1ccc(C)cc1)C(=O)CCCN(c1ccc(F)cc1)S(C)(=O)=O. The predicted molar refractivity (Wildman–Crippen MR) is 161 cm³/mol. The summed E-state index contributed by atoms with van der Waals surface area (Å²) >= 11 is 0. The fourth-order valence-electron chi connectivity index (χ4n) is 4.50. The van der Waals surface area contributed by atoms with Crippen LogP contribution in [-0.4, -0.2) is 50.0 Å². The van der Waals surface area contributed by atoms with E-state index in [1.165, 1.54) is 28.6 Å². The molecule has 3 aromatic carbocycles. The van der Waals surface area contributed by atoms with Crippen molar-refractivity contribution >= 4 is 27.5 Å². The van der Waals surface area contributed by atoms with Gasteiger partial charge in [0.15, 0.2) is 0 Å². The summed E-state index contributed by atoms with van der Waals surface area (Å²) in [7, 11) is -3.67. The van der Waals surface area contributed by atoms with Crippen molar-refractivity contribution in [1.29, 1.82) is 0 Å². The van der Waals surface area contributed by atoms with Crippen LogP contribution in [0.2, 0.25) is 0 Å².